The molecule has 36 heavy (non-hydrogen) atoms. The summed E-state index contributed by atoms with van der Waals surface area (Å²) in [5.41, 5.74) is -0.236. The highest BCUT2D eigenvalue weighted by Gasteiger charge is 2.29. The summed E-state index contributed by atoms with van der Waals surface area (Å²) < 4.78 is 4.39. The summed E-state index contributed by atoms with van der Waals surface area (Å²) >= 11 is 6.01. The first-order chi connectivity index (χ1) is 17.1. The Morgan fingerprint density at radius 2 is 1.81 bits per heavy atom. The van der Waals surface area contributed by atoms with Gasteiger partial charge in [-0.3, -0.25) is 14.3 Å². The van der Waals surface area contributed by atoms with Crippen molar-refractivity contribution in [3.05, 3.63) is 91.9 Å². The van der Waals surface area contributed by atoms with Gasteiger partial charge >= 0.3 is 17.3 Å². The first kappa shape index (κ1) is 25.2. The van der Waals surface area contributed by atoms with E-state index < -0.39 is 22.8 Å². The van der Waals surface area contributed by atoms with E-state index in [2.05, 4.69) is 21.5 Å². The number of hydrogen-bond donors (Lipinski definition) is 2. The van der Waals surface area contributed by atoms with Crippen LogP contribution in [0.5, 0.6) is 0 Å². The minimum Gasteiger partial charge on any atom is -0.481 e. The molecule has 9 nitrogen and oxygen atoms in total. The average molecular weight is 510 g/mol. The third kappa shape index (κ3) is 5.21. The van der Waals surface area contributed by atoms with E-state index in [1.165, 1.54) is 18.4 Å². The third-order valence-corrected chi connectivity index (χ3v) is 6.27. The maximum atomic E-state index is 13.5. The highest BCUT2D eigenvalue weighted by molar-refractivity contribution is 6.30. The maximum Gasteiger partial charge on any atom is 0.335 e. The van der Waals surface area contributed by atoms with Crippen LogP contribution in [0.15, 0.2) is 69.3 Å². The van der Waals surface area contributed by atoms with Crippen molar-refractivity contribution in [3.8, 4) is 0 Å². The molecule has 2 aromatic carbocycles. The van der Waals surface area contributed by atoms with Gasteiger partial charge in [0.15, 0.2) is 0 Å². The van der Waals surface area contributed by atoms with Gasteiger partial charge in [-0.15, -0.1) is 0 Å². The number of aryl methyl sites for hydroxylation is 1. The van der Waals surface area contributed by atoms with Crippen LogP contribution in [0.3, 0.4) is 0 Å². The number of fused-ring (bicyclic) bond motifs is 1. The van der Waals surface area contributed by atoms with E-state index in [1.807, 2.05) is 30.5 Å². The van der Waals surface area contributed by atoms with Gasteiger partial charge in [-0.25, -0.2) is 19.1 Å². The van der Waals surface area contributed by atoms with E-state index in [0.717, 1.165) is 34.0 Å². The minimum absolute atomic E-state index is 0.0664. The van der Waals surface area contributed by atoms with Gasteiger partial charge in [0.1, 0.15) is 0 Å². The smallest absolute Gasteiger partial charge is 0.335 e. The Bertz CT molecular complexity index is 1610. The van der Waals surface area contributed by atoms with Crippen LogP contribution in [0.1, 0.15) is 32.8 Å². The summed E-state index contributed by atoms with van der Waals surface area (Å²) in [7, 11) is 0. The fourth-order valence-electron chi connectivity index (χ4n) is 3.97. The Hall–Kier alpha value is -3.85. The van der Waals surface area contributed by atoms with Gasteiger partial charge < -0.3 is 9.67 Å². The molecule has 2 aromatic heterocycles. The van der Waals surface area contributed by atoms with E-state index in [4.69, 9.17) is 11.6 Å². The van der Waals surface area contributed by atoms with Crippen molar-refractivity contribution in [1.82, 2.24) is 18.7 Å². The molecule has 4 rings (SSSR count). The summed E-state index contributed by atoms with van der Waals surface area (Å²) in [5.74, 6) is -1.12. The summed E-state index contributed by atoms with van der Waals surface area (Å²) in [5, 5.41) is 11.1. The predicted octanol–water partition coefficient (Wildman–Crippen LogP) is 3.75. The molecule has 0 aliphatic heterocycles. The molecule has 0 aliphatic carbocycles. The number of halogens is 1. The number of nitrogens with one attached hydrogen (secondary N) is 1. The van der Waals surface area contributed by atoms with Crippen molar-refractivity contribution < 1.29 is 9.90 Å². The molecule has 4 aromatic rings. The first-order valence-corrected chi connectivity index (χ1v) is 12.0. The van der Waals surface area contributed by atoms with Gasteiger partial charge in [0, 0.05) is 35.2 Å². The second-order valence-electron chi connectivity index (χ2n) is 9.39. The molecule has 0 amide bonds. The van der Waals surface area contributed by atoms with Crippen LogP contribution in [0.4, 0.5) is 5.69 Å². The minimum atomic E-state index is -1.33. The number of aliphatic carboxylic acids is 1. The summed E-state index contributed by atoms with van der Waals surface area (Å²) in [6.07, 6.45) is 3.03. The van der Waals surface area contributed by atoms with E-state index in [1.54, 1.807) is 24.3 Å². The van der Waals surface area contributed by atoms with Crippen LogP contribution < -0.4 is 17.0 Å². The van der Waals surface area contributed by atoms with Crippen molar-refractivity contribution in [2.75, 3.05) is 0 Å². The molecule has 0 saturated carbocycles. The number of nitrogens with zero attached hydrogens (tertiary/aromatic N) is 4. The van der Waals surface area contributed by atoms with Gasteiger partial charge in [-0.2, -0.15) is 0 Å². The van der Waals surface area contributed by atoms with Crippen LogP contribution in [0.25, 0.3) is 10.9 Å². The standard InChI is InChI=1S/C26H28ClN5O4/c1-4-12-30-13-11-18-14-20(9-10-21(18)30)28-23-29-24(35)32(16-26(2,3)22(33)34)25(36)31(23)15-17-5-7-19(27)8-6-17/h5-11,13-14H,4,12,15-16H2,1-3H3,(H,33,34)(H,28,29,35). The van der Waals surface area contributed by atoms with Gasteiger partial charge in [0.05, 0.1) is 17.6 Å². The Morgan fingerprint density at radius 1 is 1.08 bits per heavy atom. The van der Waals surface area contributed by atoms with Gasteiger partial charge in [-0.1, -0.05) is 30.7 Å². The average Bonchev–Trinajstić information content (AvgIpc) is 3.22. The zero-order chi connectivity index (χ0) is 26.0. The third-order valence-electron chi connectivity index (χ3n) is 6.02. The molecular weight excluding hydrogens is 482 g/mol. The summed E-state index contributed by atoms with van der Waals surface area (Å²) in [6.45, 7) is 5.75. The molecule has 0 aliphatic rings. The molecule has 0 bridgehead atoms. The van der Waals surface area contributed by atoms with E-state index >= 15 is 0 Å². The number of carboxylic acids is 1. The van der Waals surface area contributed by atoms with Crippen molar-refractivity contribution in [3.63, 3.8) is 0 Å². The molecule has 2 heterocycles. The molecular formula is C26H28ClN5O4. The van der Waals surface area contributed by atoms with Crippen molar-refractivity contribution in [2.24, 2.45) is 10.4 Å². The molecule has 10 heteroatoms. The Balaban J connectivity index is 1.88. The molecule has 0 spiro atoms. The lowest BCUT2D eigenvalue weighted by Crippen LogP contribution is -2.52. The highest BCUT2D eigenvalue weighted by Crippen LogP contribution is 2.22. The molecule has 2 N–H and O–H groups in total. The summed E-state index contributed by atoms with van der Waals surface area (Å²) in [6, 6.07) is 14.7. The molecule has 0 atom stereocenters. The van der Waals surface area contributed by atoms with Crippen molar-refractivity contribution in [2.45, 2.75) is 46.8 Å². The fourth-order valence-corrected chi connectivity index (χ4v) is 4.10. The molecule has 0 unspecified atom stereocenters. The number of aromatic amines is 1. The largest absolute Gasteiger partial charge is 0.481 e. The van der Waals surface area contributed by atoms with E-state index in [9.17, 15) is 19.5 Å². The fraction of sp³-hybridized carbons (Fsp3) is 0.308. The number of rotatable bonds is 8. The zero-order valence-electron chi connectivity index (χ0n) is 20.4. The van der Waals surface area contributed by atoms with Crippen molar-refractivity contribution in [1.29, 1.82) is 0 Å². The molecule has 0 saturated heterocycles. The molecule has 0 radical (unpaired) electrons. The van der Waals surface area contributed by atoms with E-state index in [0.29, 0.717) is 10.7 Å². The van der Waals surface area contributed by atoms with Gasteiger partial charge in [-0.05, 0) is 62.2 Å². The van der Waals surface area contributed by atoms with Crippen LogP contribution in [0.2, 0.25) is 5.02 Å². The quantitative estimate of drug-likeness (QED) is 0.376. The number of carbonyl (C=O) groups is 1. The van der Waals surface area contributed by atoms with Crippen molar-refractivity contribution >= 4 is 34.2 Å². The van der Waals surface area contributed by atoms with Gasteiger partial charge in [0.25, 0.3) is 0 Å². The number of carboxylic acid groups (broad SMARTS) is 1. The number of aromatic nitrogens is 4. The normalized spacial score (nSPS) is 12.4. The van der Waals surface area contributed by atoms with E-state index in [-0.39, 0.29) is 18.7 Å². The monoisotopic (exact) mass is 509 g/mol. The Morgan fingerprint density at radius 3 is 2.47 bits per heavy atom. The lowest BCUT2D eigenvalue weighted by atomic mass is 9.94. The molecule has 0 fully saturated rings. The maximum absolute atomic E-state index is 13.5. The lowest BCUT2D eigenvalue weighted by molar-refractivity contribution is -0.147. The number of hydrogen-bond acceptors (Lipinski definition) is 4. The van der Waals surface area contributed by atoms with Crippen LogP contribution in [0, 0.1) is 5.41 Å². The highest BCUT2D eigenvalue weighted by atomic mass is 35.5. The topological polar surface area (TPSA) is 114 Å². The first-order valence-electron chi connectivity index (χ1n) is 11.6. The summed E-state index contributed by atoms with van der Waals surface area (Å²) in [4.78, 5) is 45.3. The number of H-pyrrole nitrogens is 1. The molecule has 188 valence electrons. The SMILES string of the molecule is CCCn1ccc2cc(/N=c3\[nH]c(=O)n(CC(C)(C)C(=O)O)c(=O)n3Cc3ccc(Cl)cc3)ccc21. The Labute approximate surface area is 211 Å². The van der Waals surface area contributed by atoms with Gasteiger partial charge in [0.2, 0.25) is 5.62 Å². The second kappa shape index (κ2) is 10.0. The van der Waals surface area contributed by atoms with Crippen LogP contribution >= 0.6 is 11.6 Å². The lowest BCUT2D eigenvalue weighted by Gasteiger charge is -2.20. The Kier molecular flexibility index (Phi) is 7.03. The second-order valence-corrected chi connectivity index (χ2v) is 9.82. The zero-order valence-corrected chi connectivity index (χ0v) is 21.1. The predicted molar refractivity (Wildman–Crippen MR) is 139 cm³/mol. The van der Waals surface area contributed by atoms with Crippen LogP contribution in [-0.4, -0.2) is 29.8 Å². The van der Waals surface area contributed by atoms with Crippen LogP contribution in [-0.2, 0) is 24.4 Å². The number of benzene rings is 2.